The van der Waals surface area contributed by atoms with Gasteiger partial charge in [0.05, 0.1) is 11.0 Å². The van der Waals surface area contributed by atoms with Crippen molar-refractivity contribution in [1.82, 2.24) is 9.55 Å². The first-order valence-electron chi connectivity index (χ1n) is 6.42. The summed E-state index contributed by atoms with van der Waals surface area (Å²) in [5, 5.41) is 0. The Labute approximate surface area is 108 Å². The third kappa shape index (κ3) is 2.62. The van der Waals surface area contributed by atoms with E-state index in [1.165, 1.54) is 11.1 Å². The zero-order valence-electron chi connectivity index (χ0n) is 11.2. The first kappa shape index (κ1) is 12.8. The number of rotatable bonds is 5. The molecule has 0 aliphatic heterocycles. The van der Waals surface area contributed by atoms with E-state index < -0.39 is 0 Å². The molecule has 0 atom stereocenters. The number of benzene rings is 1. The lowest BCUT2D eigenvalue weighted by atomic mass is 10.2. The van der Waals surface area contributed by atoms with Gasteiger partial charge in [0.1, 0.15) is 5.82 Å². The quantitative estimate of drug-likeness (QED) is 0.821. The molecule has 1 aromatic heterocycles. The van der Waals surface area contributed by atoms with Crippen molar-refractivity contribution >= 4 is 11.0 Å². The van der Waals surface area contributed by atoms with Crippen LogP contribution in [-0.4, -0.2) is 16.1 Å². The number of imidazole rings is 1. The molecule has 0 unspecified atom stereocenters. The topological polar surface area (TPSA) is 43.8 Å². The van der Waals surface area contributed by atoms with E-state index in [1.54, 1.807) is 0 Å². The number of allylic oxidation sites excluding steroid dienone is 1. The number of hydrogen-bond donors (Lipinski definition) is 1. The molecule has 0 aliphatic carbocycles. The van der Waals surface area contributed by atoms with Crippen molar-refractivity contribution in [3.8, 4) is 0 Å². The van der Waals surface area contributed by atoms with Crippen molar-refractivity contribution in [3.63, 3.8) is 0 Å². The van der Waals surface area contributed by atoms with E-state index in [9.17, 15) is 0 Å². The number of aromatic nitrogens is 2. The molecule has 2 aromatic rings. The van der Waals surface area contributed by atoms with Crippen LogP contribution in [0.15, 0.2) is 30.4 Å². The van der Waals surface area contributed by atoms with Crippen molar-refractivity contribution in [2.24, 2.45) is 5.73 Å². The Bertz CT molecular complexity index is 566. The Kier molecular flexibility index (Phi) is 3.82. The van der Waals surface area contributed by atoms with Crippen molar-refractivity contribution in [2.45, 2.75) is 33.2 Å². The van der Waals surface area contributed by atoms with Crippen LogP contribution in [0, 0.1) is 6.92 Å². The van der Waals surface area contributed by atoms with Crippen molar-refractivity contribution in [3.05, 3.63) is 41.7 Å². The van der Waals surface area contributed by atoms with Crippen LogP contribution in [0.5, 0.6) is 0 Å². The first-order chi connectivity index (χ1) is 8.61. The smallest absolute Gasteiger partial charge is 0.110 e. The lowest BCUT2D eigenvalue weighted by molar-refractivity contribution is 0.698. The van der Waals surface area contributed by atoms with Gasteiger partial charge in [0, 0.05) is 13.0 Å². The van der Waals surface area contributed by atoms with E-state index in [-0.39, 0.29) is 0 Å². The van der Waals surface area contributed by atoms with Crippen LogP contribution in [-0.2, 0) is 13.0 Å². The fourth-order valence-corrected chi connectivity index (χ4v) is 2.19. The minimum absolute atomic E-state index is 0.704. The van der Waals surface area contributed by atoms with E-state index in [2.05, 4.69) is 36.3 Å². The second kappa shape index (κ2) is 5.36. The summed E-state index contributed by atoms with van der Waals surface area (Å²) in [5.74, 6) is 1.11. The summed E-state index contributed by atoms with van der Waals surface area (Å²) >= 11 is 0. The maximum absolute atomic E-state index is 5.59. The predicted octanol–water partition coefficient (Wildman–Crippen LogP) is 2.81. The lowest BCUT2D eigenvalue weighted by Gasteiger charge is -2.08. The SMILES string of the molecule is C=C(C)Cn1c(CCCN)nc2cc(C)ccc21. The summed E-state index contributed by atoms with van der Waals surface area (Å²) in [4.78, 5) is 4.73. The zero-order valence-corrected chi connectivity index (χ0v) is 11.2. The van der Waals surface area contributed by atoms with Gasteiger partial charge in [-0.2, -0.15) is 0 Å². The molecule has 0 bridgehead atoms. The predicted molar refractivity (Wildman–Crippen MR) is 76.7 cm³/mol. The minimum Gasteiger partial charge on any atom is -0.330 e. The molecule has 0 aliphatic rings. The summed E-state index contributed by atoms with van der Waals surface area (Å²) in [7, 11) is 0. The molecule has 2 N–H and O–H groups in total. The Morgan fingerprint density at radius 2 is 2.22 bits per heavy atom. The Morgan fingerprint density at radius 1 is 1.44 bits per heavy atom. The molecule has 96 valence electrons. The molecule has 1 aromatic carbocycles. The second-order valence-electron chi connectivity index (χ2n) is 4.96. The molecule has 2 rings (SSSR count). The van der Waals surface area contributed by atoms with Crippen LogP contribution in [0.2, 0.25) is 0 Å². The van der Waals surface area contributed by atoms with Gasteiger partial charge in [-0.1, -0.05) is 18.2 Å². The Hall–Kier alpha value is -1.61. The van der Waals surface area contributed by atoms with Crippen LogP contribution >= 0.6 is 0 Å². The Morgan fingerprint density at radius 3 is 2.89 bits per heavy atom. The third-order valence-corrected chi connectivity index (χ3v) is 3.02. The highest BCUT2D eigenvalue weighted by atomic mass is 15.1. The second-order valence-corrected chi connectivity index (χ2v) is 4.96. The number of nitrogens with zero attached hydrogens (tertiary/aromatic N) is 2. The van der Waals surface area contributed by atoms with Gasteiger partial charge < -0.3 is 10.3 Å². The third-order valence-electron chi connectivity index (χ3n) is 3.02. The van der Waals surface area contributed by atoms with Crippen LogP contribution in [0.4, 0.5) is 0 Å². The molecule has 3 nitrogen and oxygen atoms in total. The van der Waals surface area contributed by atoms with Gasteiger partial charge in [0.15, 0.2) is 0 Å². The van der Waals surface area contributed by atoms with E-state index >= 15 is 0 Å². The molecular formula is C15H21N3. The molecule has 0 spiro atoms. The minimum atomic E-state index is 0.704. The fourth-order valence-electron chi connectivity index (χ4n) is 2.19. The van der Waals surface area contributed by atoms with Crippen LogP contribution in [0.3, 0.4) is 0 Å². The lowest BCUT2D eigenvalue weighted by Crippen LogP contribution is -2.07. The van der Waals surface area contributed by atoms with Crippen molar-refractivity contribution in [2.75, 3.05) is 6.54 Å². The molecule has 0 saturated carbocycles. The van der Waals surface area contributed by atoms with Gasteiger partial charge in [0.25, 0.3) is 0 Å². The maximum Gasteiger partial charge on any atom is 0.110 e. The zero-order chi connectivity index (χ0) is 13.1. The van der Waals surface area contributed by atoms with E-state index in [0.717, 1.165) is 36.3 Å². The van der Waals surface area contributed by atoms with Gasteiger partial charge >= 0.3 is 0 Å². The molecule has 0 amide bonds. The van der Waals surface area contributed by atoms with Gasteiger partial charge in [0.2, 0.25) is 0 Å². The molecule has 0 radical (unpaired) electrons. The van der Waals surface area contributed by atoms with Gasteiger partial charge in [-0.3, -0.25) is 0 Å². The number of nitrogens with two attached hydrogens (primary N) is 1. The van der Waals surface area contributed by atoms with Gasteiger partial charge in [-0.25, -0.2) is 4.98 Å². The van der Waals surface area contributed by atoms with Crippen LogP contribution < -0.4 is 5.73 Å². The number of hydrogen-bond acceptors (Lipinski definition) is 2. The normalized spacial score (nSPS) is 11.1. The van der Waals surface area contributed by atoms with Crippen molar-refractivity contribution < 1.29 is 0 Å². The highest BCUT2D eigenvalue weighted by Crippen LogP contribution is 2.19. The monoisotopic (exact) mass is 243 g/mol. The molecule has 1 heterocycles. The fraction of sp³-hybridized carbons (Fsp3) is 0.400. The number of aryl methyl sites for hydroxylation is 2. The average Bonchev–Trinajstić information content (AvgIpc) is 2.63. The van der Waals surface area contributed by atoms with E-state index in [1.807, 2.05) is 6.92 Å². The van der Waals surface area contributed by atoms with Gasteiger partial charge in [-0.15, -0.1) is 0 Å². The summed E-state index contributed by atoms with van der Waals surface area (Å²) < 4.78 is 2.26. The largest absolute Gasteiger partial charge is 0.330 e. The summed E-state index contributed by atoms with van der Waals surface area (Å²) in [5.41, 5.74) is 10.2. The molecule has 0 fully saturated rings. The van der Waals surface area contributed by atoms with E-state index in [4.69, 9.17) is 10.7 Å². The molecule has 0 saturated heterocycles. The summed E-state index contributed by atoms with van der Waals surface area (Å²) in [6.45, 7) is 9.68. The standard InChI is InChI=1S/C15H21N3/c1-11(2)10-18-14-7-6-12(3)9-13(14)17-15(18)5-4-8-16/h6-7,9H,1,4-5,8,10,16H2,2-3H3. The average molecular weight is 243 g/mol. The highest BCUT2D eigenvalue weighted by Gasteiger charge is 2.10. The summed E-state index contributed by atoms with van der Waals surface area (Å²) in [6, 6.07) is 6.41. The first-order valence-corrected chi connectivity index (χ1v) is 6.42. The molecular weight excluding hydrogens is 222 g/mol. The Balaban J connectivity index is 2.49. The summed E-state index contributed by atoms with van der Waals surface area (Å²) in [6.07, 6.45) is 1.90. The number of fused-ring (bicyclic) bond motifs is 1. The molecule has 18 heavy (non-hydrogen) atoms. The van der Waals surface area contributed by atoms with E-state index in [0.29, 0.717) is 6.54 Å². The maximum atomic E-state index is 5.59. The van der Waals surface area contributed by atoms with Crippen LogP contribution in [0.1, 0.15) is 24.7 Å². The van der Waals surface area contributed by atoms with Crippen molar-refractivity contribution in [1.29, 1.82) is 0 Å². The van der Waals surface area contributed by atoms with Crippen LogP contribution in [0.25, 0.3) is 11.0 Å². The molecule has 3 heteroatoms. The van der Waals surface area contributed by atoms with Gasteiger partial charge in [-0.05, 0) is 44.5 Å². The highest BCUT2D eigenvalue weighted by molar-refractivity contribution is 5.77.